The zero-order chi connectivity index (χ0) is 16.9. The maximum absolute atomic E-state index is 12.5. The van der Waals surface area contributed by atoms with E-state index in [1.165, 1.54) is 4.88 Å². The Balaban J connectivity index is 1.46. The largest absolute Gasteiger partial charge is 0.494 e. The summed E-state index contributed by atoms with van der Waals surface area (Å²) in [5, 5.41) is 2.82. The Labute approximate surface area is 152 Å². The van der Waals surface area contributed by atoms with E-state index in [-0.39, 0.29) is 11.9 Å². The molecule has 2 heterocycles. The summed E-state index contributed by atoms with van der Waals surface area (Å²) in [6, 6.07) is 10.1. The molecule has 1 amide bonds. The highest BCUT2D eigenvalue weighted by molar-refractivity contribution is 7.10. The van der Waals surface area contributed by atoms with Gasteiger partial charge in [0.05, 0.1) is 12.6 Å². The van der Waals surface area contributed by atoms with Crippen molar-refractivity contribution >= 4 is 28.8 Å². The number of nitrogens with zero attached hydrogens (tertiary/aromatic N) is 1. The van der Waals surface area contributed by atoms with Crippen molar-refractivity contribution in [3.05, 3.63) is 51.2 Å². The van der Waals surface area contributed by atoms with Crippen LogP contribution >= 0.6 is 22.9 Å². The Hall–Kier alpha value is -1.52. The lowest BCUT2D eigenvalue weighted by molar-refractivity contribution is -0.132. The molecule has 1 fully saturated rings. The highest BCUT2D eigenvalue weighted by atomic mass is 35.5. The van der Waals surface area contributed by atoms with Crippen LogP contribution in [0.25, 0.3) is 0 Å². The van der Waals surface area contributed by atoms with Gasteiger partial charge in [-0.2, -0.15) is 0 Å². The number of likely N-dealkylation sites (tertiary alicyclic amines) is 1. The van der Waals surface area contributed by atoms with Crippen LogP contribution in [0.1, 0.15) is 42.2 Å². The molecule has 0 bridgehead atoms. The Morgan fingerprint density at radius 2 is 2.29 bits per heavy atom. The first-order chi connectivity index (χ1) is 11.6. The quantitative estimate of drug-likeness (QED) is 0.657. The van der Waals surface area contributed by atoms with Crippen molar-refractivity contribution in [1.29, 1.82) is 0 Å². The summed E-state index contributed by atoms with van der Waals surface area (Å²) >= 11 is 7.75. The van der Waals surface area contributed by atoms with Crippen molar-refractivity contribution in [1.82, 2.24) is 4.90 Å². The van der Waals surface area contributed by atoms with Gasteiger partial charge in [0.25, 0.3) is 0 Å². The fourth-order valence-corrected chi connectivity index (χ4v) is 4.10. The van der Waals surface area contributed by atoms with Gasteiger partial charge in [-0.05, 0) is 61.4 Å². The topological polar surface area (TPSA) is 29.5 Å². The normalized spacial score (nSPS) is 17.2. The second-order valence-corrected chi connectivity index (χ2v) is 7.51. The number of hydrogen-bond acceptors (Lipinski definition) is 3. The molecule has 1 atom stereocenters. The van der Waals surface area contributed by atoms with E-state index in [1.54, 1.807) is 11.3 Å². The van der Waals surface area contributed by atoms with Crippen molar-refractivity contribution < 1.29 is 9.53 Å². The minimum atomic E-state index is 0.238. The van der Waals surface area contributed by atoms with Gasteiger partial charge in [0.1, 0.15) is 5.75 Å². The third-order valence-electron chi connectivity index (χ3n) is 4.38. The highest BCUT2D eigenvalue weighted by Gasteiger charge is 2.29. The SMILES string of the molecule is Cc1cc(OCCCC(=O)N2CCCC2c2cccs2)ccc1Cl. The van der Waals surface area contributed by atoms with E-state index in [0.717, 1.165) is 42.1 Å². The van der Waals surface area contributed by atoms with Crippen LogP contribution in [0.15, 0.2) is 35.7 Å². The third kappa shape index (κ3) is 4.11. The van der Waals surface area contributed by atoms with Gasteiger partial charge in [0.2, 0.25) is 5.91 Å². The minimum absolute atomic E-state index is 0.238. The first-order valence-electron chi connectivity index (χ1n) is 8.37. The van der Waals surface area contributed by atoms with Gasteiger partial charge in [-0.25, -0.2) is 0 Å². The van der Waals surface area contributed by atoms with Crippen LogP contribution in [-0.2, 0) is 4.79 Å². The number of halogens is 1. The predicted octanol–water partition coefficient (Wildman–Crippen LogP) is 5.23. The number of rotatable bonds is 6. The summed E-state index contributed by atoms with van der Waals surface area (Å²) < 4.78 is 5.73. The monoisotopic (exact) mass is 363 g/mol. The van der Waals surface area contributed by atoms with Crippen LogP contribution in [0.4, 0.5) is 0 Å². The first-order valence-corrected chi connectivity index (χ1v) is 9.63. The lowest BCUT2D eigenvalue weighted by Gasteiger charge is -2.24. The first kappa shape index (κ1) is 17.3. The molecule has 3 nitrogen and oxygen atoms in total. The molecule has 1 aromatic carbocycles. The van der Waals surface area contributed by atoms with Crippen LogP contribution in [0.2, 0.25) is 5.02 Å². The molecule has 128 valence electrons. The maximum atomic E-state index is 12.5. The fraction of sp³-hybridized carbons (Fsp3) is 0.421. The zero-order valence-corrected chi connectivity index (χ0v) is 15.4. The molecular weight excluding hydrogens is 342 g/mol. The van der Waals surface area contributed by atoms with Crippen LogP contribution in [-0.4, -0.2) is 24.0 Å². The number of aryl methyl sites for hydroxylation is 1. The molecule has 24 heavy (non-hydrogen) atoms. The van der Waals surface area contributed by atoms with Crippen molar-refractivity contribution in [2.75, 3.05) is 13.2 Å². The number of carbonyl (C=O) groups excluding carboxylic acids is 1. The van der Waals surface area contributed by atoms with Crippen LogP contribution in [0.3, 0.4) is 0 Å². The summed E-state index contributed by atoms with van der Waals surface area (Å²) in [6.07, 6.45) is 3.43. The van der Waals surface area contributed by atoms with Crippen molar-refractivity contribution in [3.8, 4) is 5.75 Å². The molecule has 3 rings (SSSR count). The standard InChI is InChI=1S/C19H22ClNO2S/c1-14-13-15(8-9-16(14)20)23-11-3-7-19(22)21-10-2-5-17(21)18-6-4-12-24-18/h4,6,8-9,12-13,17H,2-3,5,7,10-11H2,1H3. The average molecular weight is 364 g/mol. The fourth-order valence-electron chi connectivity index (χ4n) is 3.11. The Bertz CT molecular complexity index is 687. The zero-order valence-electron chi connectivity index (χ0n) is 13.8. The summed E-state index contributed by atoms with van der Waals surface area (Å²) in [6.45, 7) is 3.37. The third-order valence-corrected chi connectivity index (χ3v) is 5.78. The number of ether oxygens (including phenoxy) is 1. The highest BCUT2D eigenvalue weighted by Crippen LogP contribution is 2.34. The smallest absolute Gasteiger partial charge is 0.223 e. The molecule has 0 saturated carbocycles. The van der Waals surface area contributed by atoms with Crippen LogP contribution < -0.4 is 4.74 Å². The van der Waals surface area contributed by atoms with E-state index in [1.807, 2.05) is 30.0 Å². The average Bonchev–Trinajstić information content (AvgIpc) is 3.25. The Morgan fingerprint density at radius 3 is 3.04 bits per heavy atom. The molecule has 5 heteroatoms. The van der Waals surface area contributed by atoms with Crippen molar-refractivity contribution in [2.45, 2.75) is 38.6 Å². The number of benzene rings is 1. The van der Waals surface area contributed by atoms with Crippen molar-refractivity contribution in [2.24, 2.45) is 0 Å². The molecular formula is C19H22ClNO2S. The molecule has 1 unspecified atom stereocenters. The van der Waals surface area contributed by atoms with Gasteiger partial charge in [-0.1, -0.05) is 17.7 Å². The van der Waals surface area contributed by atoms with Crippen LogP contribution in [0, 0.1) is 6.92 Å². The van der Waals surface area contributed by atoms with E-state index in [2.05, 4.69) is 17.5 Å². The van der Waals surface area contributed by atoms with Gasteiger partial charge < -0.3 is 9.64 Å². The molecule has 2 aromatic rings. The summed E-state index contributed by atoms with van der Waals surface area (Å²) in [5.74, 6) is 1.05. The van der Waals surface area contributed by atoms with E-state index in [0.29, 0.717) is 13.0 Å². The van der Waals surface area contributed by atoms with Gasteiger partial charge in [-0.15, -0.1) is 11.3 Å². The lowest BCUT2D eigenvalue weighted by Crippen LogP contribution is -2.30. The van der Waals surface area contributed by atoms with E-state index < -0.39 is 0 Å². The van der Waals surface area contributed by atoms with Gasteiger partial charge in [0.15, 0.2) is 0 Å². The maximum Gasteiger partial charge on any atom is 0.223 e. The van der Waals surface area contributed by atoms with E-state index >= 15 is 0 Å². The molecule has 1 aliphatic heterocycles. The van der Waals surface area contributed by atoms with E-state index in [4.69, 9.17) is 16.3 Å². The summed E-state index contributed by atoms with van der Waals surface area (Å²) in [4.78, 5) is 15.9. The minimum Gasteiger partial charge on any atom is -0.494 e. The second-order valence-electron chi connectivity index (χ2n) is 6.12. The van der Waals surface area contributed by atoms with Gasteiger partial charge in [0, 0.05) is 22.9 Å². The van der Waals surface area contributed by atoms with Gasteiger partial charge >= 0.3 is 0 Å². The molecule has 0 N–H and O–H groups in total. The van der Waals surface area contributed by atoms with E-state index in [9.17, 15) is 4.79 Å². The van der Waals surface area contributed by atoms with Gasteiger partial charge in [-0.3, -0.25) is 4.79 Å². The number of carbonyl (C=O) groups is 1. The summed E-state index contributed by atoms with van der Waals surface area (Å²) in [5.41, 5.74) is 1.00. The Kier molecular flexibility index (Phi) is 5.80. The molecule has 1 aromatic heterocycles. The predicted molar refractivity (Wildman–Crippen MR) is 98.9 cm³/mol. The molecule has 1 saturated heterocycles. The molecule has 1 aliphatic rings. The summed E-state index contributed by atoms with van der Waals surface area (Å²) in [7, 11) is 0. The number of thiophene rings is 1. The Morgan fingerprint density at radius 1 is 1.42 bits per heavy atom. The molecule has 0 radical (unpaired) electrons. The second kappa shape index (κ2) is 8.04. The number of amides is 1. The molecule has 0 spiro atoms. The van der Waals surface area contributed by atoms with Crippen molar-refractivity contribution in [3.63, 3.8) is 0 Å². The molecule has 0 aliphatic carbocycles. The number of hydrogen-bond donors (Lipinski definition) is 0. The van der Waals surface area contributed by atoms with Crippen LogP contribution in [0.5, 0.6) is 5.75 Å². The lowest BCUT2D eigenvalue weighted by atomic mass is 10.1.